The van der Waals surface area contributed by atoms with Gasteiger partial charge < -0.3 is 14.0 Å². The number of ketones is 1. The van der Waals surface area contributed by atoms with E-state index in [1.165, 1.54) is 5.56 Å². The van der Waals surface area contributed by atoms with Crippen molar-refractivity contribution in [1.82, 2.24) is 0 Å². The first-order valence-electron chi connectivity index (χ1n) is 9.74. The van der Waals surface area contributed by atoms with Crippen LogP contribution in [-0.2, 0) is 20.5 Å². The lowest BCUT2D eigenvalue weighted by atomic mass is 9.70. The number of carbonyl (C=O) groups excluding carboxylic acids is 1. The Morgan fingerprint density at radius 3 is 2.27 bits per heavy atom. The largest absolute Gasteiger partial charge is 0.494 e. The first kappa shape index (κ1) is 18.2. The van der Waals surface area contributed by atoms with Gasteiger partial charge in [-0.1, -0.05) is 18.2 Å². The van der Waals surface area contributed by atoms with Gasteiger partial charge >= 0.3 is 7.12 Å². The number of ether oxygens (including phenoxy) is 1. The van der Waals surface area contributed by atoms with Crippen molar-refractivity contribution < 1.29 is 18.8 Å². The molecule has 140 valence electrons. The minimum atomic E-state index is -0.418. The summed E-state index contributed by atoms with van der Waals surface area (Å²) in [6, 6.07) is 6.18. The number of rotatable bonds is 2. The minimum Gasteiger partial charge on any atom is -0.399 e. The van der Waals surface area contributed by atoms with E-state index in [2.05, 4.69) is 39.8 Å². The molecule has 0 unspecified atom stereocenters. The van der Waals surface area contributed by atoms with Gasteiger partial charge in [-0.15, -0.1) is 0 Å². The normalized spacial score (nSPS) is 32.3. The molecule has 4 rings (SSSR count). The molecule has 1 saturated heterocycles. The van der Waals surface area contributed by atoms with Crippen molar-refractivity contribution in [1.29, 1.82) is 0 Å². The fourth-order valence-corrected chi connectivity index (χ4v) is 4.60. The summed E-state index contributed by atoms with van der Waals surface area (Å²) in [4.78, 5) is 13.3. The van der Waals surface area contributed by atoms with Crippen molar-refractivity contribution in [2.75, 3.05) is 7.11 Å². The molecule has 0 N–H and O–H groups in total. The summed E-state index contributed by atoms with van der Waals surface area (Å²) in [7, 11) is 1.35. The molecule has 1 spiro atoms. The van der Waals surface area contributed by atoms with E-state index in [4.69, 9.17) is 14.0 Å². The maximum atomic E-state index is 13.3. The zero-order valence-electron chi connectivity index (χ0n) is 16.6. The molecule has 1 aromatic rings. The molecular formula is C21H29BO4. The third-order valence-corrected chi connectivity index (χ3v) is 7.14. The van der Waals surface area contributed by atoms with Crippen molar-refractivity contribution in [2.45, 2.75) is 77.1 Å². The van der Waals surface area contributed by atoms with Gasteiger partial charge in [-0.3, -0.25) is 4.79 Å². The third-order valence-electron chi connectivity index (χ3n) is 7.14. The molecule has 0 bridgehead atoms. The van der Waals surface area contributed by atoms with Gasteiger partial charge in [0.1, 0.15) is 0 Å². The average Bonchev–Trinajstić information content (AvgIpc) is 2.98. The van der Waals surface area contributed by atoms with Crippen molar-refractivity contribution >= 4 is 18.4 Å². The fourth-order valence-electron chi connectivity index (χ4n) is 4.60. The first-order valence-corrected chi connectivity index (χ1v) is 9.74. The van der Waals surface area contributed by atoms with Crippen LogP contribution in [0.2, 0.25) is 0 Å². The van der Waals surface area contributed by atoms with E-state index >= 15 is 0 Å². The van der Waals surface area contributed by atoms with Crippen LogP contribution in [0.5, 0.6) is 0 Å². The maximum absolute atomic E-state index is 13.3. The molecular weight excluding hydrogens is 327 g/mol. The first-order chi connectivity index (χ1) is 12.2. The molecule has 1 aromatic carbocycles. The highest BCUT2D eigenvalue weighted by molar-refractivity contribution is 6.62. The van der Waals surface area contributed by atoms with Gasteiger partial charge in [0.05, 0.1) is 17.3 Å². The molecule has 5 heteroatoms. The van der Waals surface area contributed by atoms with Crippen LogP contribution in [0.15, 0.2) is 18.2 Å². The van der Waals surface area contributed by atoms with E-state index in [1.54, 1.807) is 7.11 Å². The summed E-state index contributed by atoms with van der Waals surface area (Å²) in [6.45, 7) is 8.20. The Bertz CT molecular complexity index is 716. The monoisotopic (exact) mass is 356 g/mol. The average molecular weight is 356 g/mol. The zero-order valence-corrected chi connectivity index (χ0v) is 16.6. The topological polar surface area (TPSA) is 44.8 Å². The molecule has 1 heterocycles. The number of benzene rings is 1. The maximum Gasteiger partial charge on any atom is 0.494 e. The molecule has 0 atom stereocenters. The van der Waals surface area contributed by atoms with E-state index in [1.807, 2.05) is 6.07 Å². The molecule has 0 amide bonds. The fraction of sp³-hybridized carbons (Fsp3) is 0.667. The Morgan fingerprint density at radius 2 is 1.69 bits per heavy atom. The van der Waals surface area contributed by atoms with Crippen molar-refractivity contribution in [2.24, 2.45) is 5.41 Å². The molecule has 4 nitrogen and oxygen atoms in total. The second-order valence-electron chi connectivity index (χ2n) is 9.23. The van der Waals surface area contributed by atoms with Crippen molar-refractivity contribution in [3.63, 3.8) is 0 Å². The van der Waals surface area contributed by atoms with E-state index in [9.17, 15) is 4.79 Å². The lowest BCUT2D eigenvalue weighted by molar-refractivity contribution is 0.00578. The predicted octanol–water partition coefficient (Wildman–Crippen LogP) is 3.30. The van der Waals surface area contributed by atoms with Crippen LogP contribution in [0.3, 0.4) is 0 Å². The summed E-state index contributed by atoms with van der Waals surface area (Å²) in [5, 5.41) is 0. The van der Waals surface area contributed by atoms with Crippen molar-refractivity contribution in [3.05, 3.63) is 29.3 Å². The van der Waals surface area contributed by atoms with E-state index in [-0.39, 0.29) is 16.6 Å². The molecule has 2 fully saturated rings. The van der Waals surface area contributed by atoms with E-state index < -0.39 is 7.12 Å². The van der Waals surface area contributed by atoms with Gasteiger partial charge in [0.2, 0.25) is 0 Å². The van der Waals surface area contributed by atoms with Gasteiger partial charge in [-0.2, -0.15) is 0 Å². The summed E-state index contributed by atoms with van der Waals surface area (Å²) in [5.41, 5.74) is 2.02. The number of Topliss-reactive ketones (excluding diaryl/α,β-unsaturated/α-hetero) is 1. The standard InChI is InChI=1S/C21H29BO4/c1-19(2)20(3,4)26-22(25-19)15-7-6-14-13-21(18(23)17(14)12-15)10-8-16(24-5)9-11-21/h6-7,12,16H,8-11,13H2,1-5H3. The molecule has 26 heavy (non-hydrogen) atoms. The predicted molar refractivity (Wildman–Crippen MR) is 102 cm³/mol. The minimum absolute atomic E-state index is 0.216. The zero-order chi connectivity index (χ0) is 18.7. The highest BCUT2D eigenvalue weighted by Gasteiger charge is 2.53. The van der Waals surface area contributed by atoms with Gasteiger partial charge in [-0.05, 0) is 70.8 Å². The highest BCUT2D eigenvalue weighted by atomic mass is 16.7. The third kappa shape index (κ3) is 2.67. The Labute approximate surface area is 156 Å². The van der Waals surface area contributed by atoms with Gasteiger partial charge in [0, 0.05) is 18.1 Å². The number of methoxy groups -OCH3 is 1. The molecule has 0 aromatic heterocycles. The summed E-state index contributed by atoms with van der Waals surface area (Å²) < 4.78 is 17.8. The summed E-state index contributed by atoms with van der Waals surface area (Å²) >= 11 is 0. The van der Waals surface area contributed by atoms with Crippen LogP contribution in [0.25, 0.3) is 0 Å². The number of hydrogen-bond donors (Lipinski definition) is 0. The van der Waals surface area contributed by atoms with Gasteiger partial charge in [-0.25, -0.2) is 0 Å². The summed E-state index contributed by atoms with van der Waals surface area (Å²) in [6.07, 6.45) is 4.95. The van der Waals surface area contributed by atoms with Crippen LogP contribution in [-0.4, -0.2) is 37.3 Å². The molecule has 2 aliphatic carbocycles. The van der Waals surface area contributed by atoms with Gasteiger partial charge in [0.15, 0.2) is 5.78 Å². The Balaban J connectivity index is 1.58. The molecule has 3 aliphatic rings. The van der Waals surface area contributed by atoms with E-state index in [0.717, 1.165) is 43.1 Å². The molecule has 0 radical (unpaired) electrons. The molecule has 1 saturated carbocycles. The lowest BCUT2D eigenvalue weighted by Crippen LogP contribution is -2.41. The van der Waals surface area contributed by atoms with Crippen LogP contribution in [0.4, 0.5) is 0 Å². The van der Waals surface area contributed by atoms with Crippen LogP contribution in [0.1, 0.15) is 69.3 Å². The smallest absolute Gasteiger partial charge is 0.399 e. The number of carbonyl (C=O) groups is 1. The van der Waals surface area contributed by atoms with Crippen LogP contribution in [0, 0.1) is 5.41 Å². The Kier molecular flexibility index (Phi) is 4.14. The van der Waals surface area contributed by atoms with Gasteiger partial charge in [0.25, 0.3) is 0 Å². The second kappa shape index (κ2) is 5.92. The second-order valence-corrected chi connectivity index (χ2v) is 9.23. The molecule has 1 aliphatic heterocycles. The number of hydrogen-bond acceptors (Lipinski definition) is 4. The SMILES string of the molecule is COC1CCC2(CC1)Cc1ccc(B3OC(C)(C)C(C)(C)O3)cc1C2=O. The lowest BCUT2D eigenvalue weighted by Gasteiger charge is -2.35. The Morgan fingerprint density at radius 1 is 1.08 bits per heavy atom. The highest BCUT2D eigenvalue weighted by Crippen LogP contribution is 2.47. The van der Waals surface area contributed by atoms with Crippen molar-refractivity contribution in [3.8, 4) is 0 Å². The summed E-state index contributed by atoms with van der Waals surface area (Å²) in [5.74, 6) is 0.306. The number of fused-ring (bicyclic) bond motifs is 1. The Hall–Kier alpha value is -1.17. The van der Waals surface area contributed by atoms with Crippen LogP contribution < -0.4 is 5.46 Å². The van der Waals surface area contributed by atoms with Crippen LogP contribution >= 0.6 is 0 Å². The van der Waals surface area contributed by atoms with E-state index in [0.29, 0.717) is 11.9 Å². The quantitative estimate of drug-likeness (QED) is 0.763.